The lowest BCUT2D eigenvalue weighted by Crippen LogP contribution is -2.19. The average molecular weight is 370 g/mol. The second-order valence-electron chi connectivity index (χ2n) is 6.16. The van der Waals surface area contributed by atoms with E-state index in [2.05, 4.69) is 33.2 Å². The Bertz CT molecular complexity index is 674. The monoisotopic (exact) mass is 368 g/mol. The fraction of sp³-hybridized carbons (Fsp3) is 0.562. The summed E-state index contributed by atoms with van der Waals surface area (Å²) in [6.45, 7) is 0.817. The highest BCUT2D eigenvalue weighted by atomic mass is 79.9. The van der Waals surface area contributed by atoms with Crippen LogP contribution in [0.3, 0.4) is 0 Å². The van der Waals surface area contributed by atoms with Crippen molar-refractivity contribution in [2.45, 2.75) is 44.8 Å². The molecule has 0 amide bonds. The van der Waals surface area contributed by atoms with Crippen molar-refractivity contribution in [1.82, 2.24) is 9.78 Å². The molecule has 0 bridgehead atoms. The van der Waals surface area contributed by atoms with E-state index in [4.69, 9.17) is 16.3 Å². The molecule has 2 aromatic rings. The van der Waals surface area contributed by atoms with Crippen molar-refractivity contribution in [2.75, 3.05) is 6.61 Å². The highest BCUT2D eigenvalue weighted by Gasteiger charge is 2.25. The number of fused-ring (bicyclic) bond motifs is 1. The Morgan fingerprint density at radius 3 is 2.86 bits per heavy atom. The summed E-state index contributed by atoms with van der Waals surface area (Å²) in [4.78, 5) is 0. The Balaban J connectivity index is 1.76. The molecule has 2 heterocycles. The van der Waals surface area contributed by atoms with Crippen molar-refractivity contribution in [3.63, 3.8) is 0 Å². The molecule has 2 fully saturated rings. The molecular weight excluding hydrogens is 352 g/mol. The Labute approximate surface area is 137 Å². The second-order valence-corrected chi connectivity index (χ2v) is 7.32. The quantitative estimate of drug-likeness (QED) is 0.752. The van der Waals surface area contributed by atoms with E-state index in [1.54, 1.807) is 0 Å². The topological polar surface area (TPSA) is 27.1 Å². The first-order valence-corrected chi connectivity index (χ1v) is 8.87. The molecule has 4 rings (SSSR count). The van der Waals surface area contributed by atoms with E-state index in [-0.39, 0.29) is 6.23 Å². The van der Waals surface area contributed by atoms with Crippen molar-refractivity contribution >= 4 is 38.4 Å². The van der Waals surface area contributed by atoms with Crippen LogP contribution < -0.4 is 0 Å². The second kappa shape index (κ2) is 5.56. The van der Waals surface area contributed by atoms with Crippen LogP contribution in [0.2, 0.25) is 5.02 Å². The number of hydrogen-bond donors (Lipinski definition) is 0. The highest BCUT2D eigenvalue weighted by Crippen LogP contribution is 2.38. The van der Waals surface area contributed by atoms with Gasteiger partial charge in [-0.3, -0.25) is 0 Å². The number of halogens is 2. The summed E-state index contributed by atoms with van der Waals surface area (Å²) in [6, 6.07) is 4.26. The van der Waals surface area contributed by atoms with Gasteiger partial charge in [-0.15, -0.1) is 0 Å². The molecule has 1 aromatic heterocycles. The molecule has 1 saturated heterocycles. The number of benzene rings is 1. The van der Waals surface area contributed by atoms with E-state index in [1.807, 2.05) is 4.68 Å². The summed E-state index contributed by atoms with van der Waals surface area (Å²) >= 11 is 10.1. The smallest absolute Gasteiger partial charge is 0.150 e. The van der Waals surface area contributed by atoms with Crippen molar-refractivity contribution in [1.29, 1.82) is 0 Å². The van der Waals surface area contributed by atoms with Crippen LogP contribution >= 0.6 is 27.5 Å². The molecule has 0 radical (unpaired) electrons. The number of hydrogen-bond acceptors (Lipinski definition) is 2. The first-order valence-electron chi connectivity index (χ1n) is 7.70. The van der Waals surface area contributed by atoms with E-state index < -0.39 is 0 Å². The van der Waals surface area contributed by atoms with Gasteiger partial charge in [-0.1, -0.05) is 11.6 Å². The zero-order valence-electron chi connectivity index (χ0n) is 11.8. The molecule has 1 saturated carbocycles. The van der Waals surface area contributed by atoms with Gasteiger partial charge < -0.3 is 4.74 Å². The molecule has 0 spiro atoms. The third-order valence-corrected chi connectivity index (χ3v) is 5.40. The maximum Gasteiger partial charge on any atom is 0.150 e. The number of nitrogens with zero attached hydrogens (tertiary/aromatic N) is 2. The van der Waals surface area contributed by atoms with E-state index in [1.165, 1.54) is 24.8 Å². The number of rotatable bonds is 3. The lowest BCUT2D eigenvalue weighted by Gasteiger charge is -2.23. The minimum absolute atomic E-state index is 0.0397. The van der Waals surface area contributed by atoms with Crippen molar-refractivity contribution in [3.8, 4) is 0 Å². The molecule has 1 aliphatic carbocycles. The first kappa shape index (κ1) is 14.0. The van der Waals surface area contributed by atoms with Crippen LogP contribution in [0.15, 0.2) is 16.7 Å². The summed E-state index contributed by atoms with van der Waals surface area (Å²) in [5.74, 6) is 0.829. The molecule has 5 heteroatoms. The van der Waals surface area contributed by atoms with Gasteiger partial charge in [0.25, 0.3) is 0 Å². The minimum atomic E-state index is 0.0397. The normalized spacial score (nSPS) is 22.9. The van der Waals surface area contributed by atoms with Gasteiger partial charge in [0.1, 0.15) is 4.60 Å². The molecule has 2 aliphatic rings. The van der Waals surface area contributed by atoms with Crippen molar-refractivity contribution in [2.24, 2.45) is 5.92 Å². The minimum Gasteiger partial charge on any atom is -0.356 e. The summed E-state index contributed by atoms with van der Waals surface area (Å²) in [7, 11) is 0. The summed E-state index contributed by atoms with van der Waals surface area (Å²) in [6.07, 6.45) is 7.16. The SMILES string of the molecule is Clc1cc2c(cc1CC1CC1)c(Br)nn2C1CCCCO1. The van der Waals surface area contributed by atoms with Gasteiger partial charge in [-0.05, 0) is 78.1 Å². The van der Waals surface area contributed by atoms with Crippen LogP contribution in [0.1, 0.15) is 43.9 Å². The van der Waals surface area contributed by atoms with Crippen LogP contribution in [0.4, 0.5) is 0 Å². The van der Waals surface area contributed by atoms with Crippen LogP contribution in [0.5, 0.6) is 0 Å². The zero-order valence-corrected chi connectivity index (χ0v) is 14.2. The fourth-order valence-corrected chi connectivity index (χ4v) is 3.81. The Morgan fingerprint density at radius 1 is 1.29 bits per heavy atom. The van der Waals surface area contributed by atoms with Gasteiger partial charge in [0.2, 0.25) is 0 Å². The molecule has 1 atom stereocenters. The molecule has 3 nitrogen and oxygen atoms in total. The largest absolute Gasteiger partial charge is 0.356 e. The van der Waals surface area contributed by atoms with Gasteiger partial charge in [0.05, 0.1) is 5.52 Å². The van der Waals surface area contributed by atoms with Crippen molar-refractivity contribution in [3.05, 3.63) is 27.3 Å². The van der Waals surface area contributed by atoms with E-state index >= 15 is 0 Å². The zero-order chi connectivity index (χ0) is 14.4. The molecule has 1 aromatic carbocycles. The molecule has 0 N–H and O–H groups in total. The van der Waals surface area contributed by atoms with Gasteiger partial charge in [0.15, 0.2) is 6.23 Å². The van der Waals surface area contributed by atoms with Gasteiger partial charge >= 0.3 is 0 Å². The standard InChI is InChI=1S/C16H18BrClN2O/c17-16-12-8-11(7-10-4-5-10)13(18)9-14(12)20(19-16)15-3-1-2-6-21-15/h8-10,15H,1-7H2. The maximum atomic E-state index is 6.50. The highest BCUT2D eigenvalue weighted by molar-refractivity contribution is 9.10. The molecular formula is C16H18BrClN2O. The average Bonchev–Trinajstić information content (AvgIpc) is 3.26. The molecule has 21 heavy (non-hydrogen) atoms. The van der Waals surface area contributed by atoms with E-state index in [0.717, 1.165) is 52.3 Å². The van der Waals surface area contributed by atoms with Gasteiger partial charge in [-0.2, -0.15) is 5.10 Å². The lowest BCUT2D eigenvalue weighted by molar-refractivity contribution is -0.0368. The predicted octanol–water partition coefficient (Wildman–Crippen LogP) is 5.10. The third-order valence-electron chi connectivity index (χ3n) is 4.46. The third kappa shape index (κ3) is 2.73. The Morgan fingerprint density at radius 2 is 2.14 bits per heavy atom. The fourth-order valence-electron chi connectivity index (χ4n) is 3.09. The summed E-state index contributed by atoms with van der Waals surface area (Å²) in [5.41, 5.74) is 2.31. The van der Waals surface area contributed by atoms with E-state index in [0.29, 0.717) is 0 Å². The Hall–Kier alpha value is -0.580. The molecule has 112 valence electrons. The van der Waals surface area contributed by atoms with Crippen LogP contribution in [-0.2, 0) is 11.2 Å². The molecule has 1 unspecified atom stereocenters. The van der Waals surface area contributed by atoms with Gasteiger partial charge in [0, 0.05) is 17.0 Å². The van der Waals surface area contributed by atoms with Crippen LogP contribution in [0, 0.1) is 5.92 Å². The van der Waals surface area contributed by atoms with Crippen LogP contribution in [0.25, 0.3) is 10.9 Å². The Kier molecular flexibility index (Phi) is 3.72. The van der Waals surface area contributed by atoms with Gasteiger partial charge in [-0.25, -0.2) is 4.68 Å². The summed E-state index contributed by atoms with van der Waals surface area (Å²) in [5, 5.41) is 6.64. The number of aromatic nitrogens is 2. The summed E-state index contributed by atoms with van der Waals surface area (Å²) < 4.78 is 8.75. The van der Waals surface area contributed by atoms with E-state index in [9.17, 15) is 0 Å². The lowest BCUT2D eigenvalue weighted by atomic mass is 10.1. The number of ether oxygens (including phenoxy) is 1. The first-order chi connectivity index (χ1) is 10.2. The van der Waals surface area contributed by atoms with Crippen molar-refractivity contribution < 1.29 is 4.74 Å². The predicted molar refractivity (Wildman–Crippen MR) is 87.7 cm³/mol. The maximum absolute atomic E-state index is 6.50. The molecule has 1 aliphatic heterocycles. The van der Waals surface area contributed by atoms with Crippen LogP contribution in [-0.4, -0.2) is 16.4 Å².